The Morgan fingerprint density at radius 2 is 1.90 bits per heavy atom. The minimum Gasteiger partial charge on any atom is -0.494 e. The SMILES string of the molecule is Cc1c(NN)ncnc1NCCCOc1ccccc1. The van der Waals surface area contributed by atoms with E-state index in [0.29, 0.717) is 12.4 Å². The zero-order chi connectivity index (χ0) is 14.2. The Balaban J connectivity index is 1.74. The number of nitrogen functional groups attached to an aromatic ring is 1. The molecule has 106 valence electrons. The lowest BCUT2D eigenvalue weighted by molar-refractivity contribution is 0.315. The van der Waals surface area contributed by atoms with Crippen LogP contribution in [-0.4, -0.2) is 23.1 Å². The summed E-state index contributed by atoms with van der Waals surface area (Å²) in [7, 11) is 0. The number of hydrogen-bond donors (Lipinski definition) is 3. The number of para-hydroxylation sites is 1. The molecule has 0 atom stereocenters. The van der Waals surface area contributed by atoms with Gasteiger partial charge < -0.3 is 15.5 Å². The van der Waals surface area contributed by atoms with Crippen LogP contribution in [0.25, 0.3) is 0 Å². The van der Waals surface area contributed by atoms with Gasteiger partial charge in [-0.05, 0) is 25.5 Å². The van der Waals surface area contributed by atoms with Gasteiger partial charge in [0.15, 0.2) is 0 Å². The van der Waals surface area contributed by atoms with Crippen molar-refractivity contribution in [3.63, 3.8) is 0 Å². The van der Waals surface area contributed by atoms with E-state index in [-0.39, 0.29) is 0 Å². The van der Waals surface area contributed by atoms with E-state index in [9.17, 15) is 0 Å². The van der Waals surface area contributed by atoms with Gasteiger partial charge in [0.25, 0.3) is 0 Å². The standard InChI is InChI=1S/C14H19N5O/c1-11-13(17-10-18-14(11)19-15)16-8-5-9-20-12-6-3-2-4-7-12/h2-4,6-7,10H,5,8-9,15H2,1H3,(H2,16,17,18,19). The van der Waals surface area contributed by atoms with Gasteiger partial charge in [-0.2, -0.15) is 0 Å². The predicted octanol–water partition coefficient (Wildman–Crippen LogP) is 1.95. The van der Waals surface area contributed by atoms with Gasteiger partial charge in [0.05, 0.1) is 6.61 Å². The van der Waals surface area contributed by atoms with Crippen LogP contribution in [0.1, 0.15) is 12.0 Å². The Kier molecular flexibility index (Phi) is 5.14. The summed E-state index contributed by atoms with van der Waals surface area (Å²) in [6, 6.07) is 9.77. The molecule has 0 amide bonds. The smallest absolute Gasteiger partial charge is 0.148 e. The molecule has 6 heteroatoms. The van der Waals surface area contributed by atoms with Crippen molar-refractivity contribution < 1.29 is 4.74 Å². The van der Waals surface area contributed by atoms with Crippen LogP contribution in [0.2, 0.25) is 0 Å². The predicted molar refractivity (Wildman–Crippen MR) is 79.6 cm³/mol. The van der Waals surface area contributed by atoms with Crippen molar-refractivity contribution in [2.45, 2.75) is 13.3 Å². The van der Waals surface area contributed by atoms with E-state index in [1.54, 1.807) is 0 Å². The molecular weight excluding hydrogens is 254 g/mol. The molecule has 0 aliphatic heterocycles. The zero-order valence-corrected chi connectivity index (χ0v) is 11.5. The first-order valence-electron chi connectivity index (χ1n) is 6.51. The van der Waals surface area contributed by atoms with E-state index in [0.717, 1.165) is 30.1 Å². The summed E-state index contributed by atoms with van der Waals surface area (Å²) in [6.07, 6.45) is 2.36. The third-order valence-corrected chi connectivity index (χ3v) is 2.85. The molecule has 0 bridgehead atoms. The highest BCUT2D eigenvalue weighted by molar-refractivity contribution is 5.55. The average Bonchev–Trinajstić information content (AvgIpc) is 2.49. The van der Waals surface area contributed by atoms with Gasteiger partial charge in [0.1, 0.15) is 23.7 Å². The van der Waals surface area contributed by atoms with Crippen molar-refractivity contribution in [3.05, 3.63) is 42.2 Å². The molecule has 0 saturated heterocycles. The van der Waals surface area contributed by atoms with E-state index in [1.807, 2.05) is 37.3 Å². The Bertz CT molecular complexity index is 532. The Morgan fingerprint density at radius 1 is 1.15 bits per heavy atom. The molecule has 0 spiro atoms. The summed E-state index contributed by atoms with van der Waals surface area (Å²) in [6.45, 7) is 3.34. The van der Waals surface area contributed by atoms with E-state index in [4.69, 9.17) is 10.6 Å². The number of aromatic nitrogens is 2. The van der Waals surface area contributed by atoms with E-state index >= 15 is 0 Å². The fourth-order valence-corrected chi connectivity index (χ4v) is 1.76. The molecule has 2 aromatic rings. The van der Waals surface area contributed by atoms with Gasteiger partial charge in [-0.3, -0.25) is 0 Å². The summed E-state index contributed by atoms with van der Waals surface area (Å²) in [4.78, 5) is 8.21. The highest BCUT2D eigenvalue weighted by Crippen LogP contribution is 2.16. The maximum absolute atomic E-state index is 5.61. The number of nitrogens with one attached hydrogen (secondary N) is 2. The van der Waals surface area contributed by atoms with Crippen molar-refractivity contribution in [2.75, 3.05) is 23.9 Å². The van der Waals surface area contributed by atoms with E-state index in [2.05, 4.69) is 20.7 Å². The molecule has 2 rings (SSSR count). The molecule has 6 nitrogen and oxygen atoms in total. The Hall–Kier alpha value is -2.34. The highest BCUT2D eigenvalue weighted by atomic mass is 16.5. The number of hydrogen-bond acceptors (Lipinski definition) is 6. The summed E-state index contributed by atoms with van der Waals surface area (Å²) >= 11 is 0. The Labute approximate surface area is 118 Å². The fourth-order valence-electron chi connectivity index (χ4n) is 1.76. The summed E-state index contributed by atoms with van der Waals surface area (Å²) in [5.74, 6) is 7.67. The van der Waals surface area contributed by atoms with Gasteiger partial charge in [-0.25, -0.2) is 15.8 Å². The largest absolute Gasteiger partial charge is 0.494 e. The van der Waals surface area contributed by atoms with Crippen LogP contribution in [0.4, 0.5) is 11.6 Å². The number of nitrogens with two attached hydrogens (primary N) is 1. The third-order valence-electron chi connectivity index (χ3n) is 2.85. The lowest BCUT2D eigenvalue weighted by Gasteiger charge is -2.11. The molecule has 1 heterocycles. The number of benzene rings is 1. The maximum Gasteiger partial charge on any atom is 0.148 e. The van der Waals surface area contributed by atoms with Crippen molar-refractivity contribution in [2.24, 2.45) is 5.84 Å². The summed E-state index contributed by atoms with van der Waals surface area (Å²) in [5, 5.41) is 3.25. The summed E-state index contributed by atoms with van der Waals surface area (Å²) < 4.78 is 5.61. The Morgan fingerprint density at radius 3 is 2.65 bits per heavy atom. The van der Waals surface area contributed by atoms with Crippen LogP contribution in [0, 0.1) is 6.92 Å². The quantitative estimate of drug-likeness (QED) is 0.406. The van der Waals surface area contributed by atoms with Crippen LogP contribution in [0.15, 0.2) is 36.7 Å². The second-order valence-corrected chi connectivity index (χ2v) is 4.28. The van der Waals surface area contributed by atoms with Crippen LogP contribution >= 0.6 is 0 Å². The number of anilines is 2. The monoisotopic (exact) mass is 273 g/mol. The molecule has 0 fully saturated rings. The van der Waals surface area contributed by atoms with Gasteiger partial charge in [0, 0.05) is 12.1 Å². The number of rotatable bonds is 7. The molecule has 1 aromatic carbocycles. The number of ether oxygens (including phenoxy) is 1. The van der Waals surface area contributed by atoms with Gasteiger partial charge in [-0.1, -0.05) is 18.2 Å². The van der Waals surface area contributed by atoms with Gasteiger partial charge >= 0.3 is 0 Å². The van der Waals surface area contributed by atoms with Crippen molar-refractivity contribution in [1.82, 2.24) is 9.97 Å². The lowest BCUT2D eigenvalue weighted by atomic mass is 10.3. The van der Waals surface area contributed by atoms with Crippen molar-refractivity contribution >= 4 is 11.6 Å². The topological polar surface area (TPSA) is 85.1 Å². The molecule has 0 saturated carbocycles. The third kappa shape index (κ3) is 3.83. The molecule has 4 N–H and O–H groups in total. The second-order valence-electron chi connectivity index (χ2n) is 4.28. The molecule has 1 aromatic heterocycles. The molecule has 20 heavy (non-hydrogen) atoms. The van der Waals surface area contributed by atoms with Crippen molar-refractivity contribution in [3.8, 4) is 5.75 Å². The van der Waals surface area contributed by atoms with Gasteiger partial charge in [-0.15, -0.1) is 0 Å². The normalized spacial score (nSPS) is 10.1. The number of hydrazine groups is 1. The van der Waals surface area contributed by atoms with Crippen LogP contribution in [0.3, 0.4) is 0 Å². The maximum atomic E-state index is 5.61. The molecule has 0 unspecified atom stereocenters. The van der Waals surface area contributed by atoms with Crippen LogP contribution in [-0.2, 0) is 0 Å². The fraction of sp³-hybridized carbons (Fsp3) is 0.286. The molecule has 0 aliphatic rings. The summed E-state index contributed by atoms with van der Waals surface area (Å²) in [5.41, 5.74) is 3.44. The first-order valence-corrected chi connectivity index (χ1v) is 6.51. The molecule has 0 aliphatic carbocycles. The minimum atomic E-state index is 0.628. The van der Waals surface area contributed by atoms with E-state index in [1.165, 1.54) is 6.33 Å². The first-order chi connectivity index (χ1) is 9.81. The second kappa shape index (κ2) is 7.30. The molecular formula is C14H19N5O. The minimum absolute atomic E-state index is 0.628. The number of nitrogens with zero attached hydrogens (tertiary/aromatic N) is 2. The van der Waals surface area contributed by atoms with Crippen LogP contribution in [0.5, 0.6) is 5.75 Å². The average molecular weight is 273 g/mol. The van der Waals surface area contributed by atoms with Crippen LogP contribution < -0.4 is 21.3 Å². The molecule has 0 radical (unpaired) electrons. The lowest BCUT2D eigenvalue weighted by Crippen LogP contribution is -2.14. The van der Waals surface area contributed by atoms with Gasteiger partial charge in [0.2, 0.25) is 0 Å². The first kappa shape index (κ1) is 14.1. The highest BCUT2D eigenvalue weighted by Gasteiger charge is 2.04. The zero-order valence-electron chi connectivity index (χ0n) is 11.5. The van der Waals surface area contributed by atoms with Crippen molar-refractivity contribution in [1.29, 1.82) is 0 Å². The van der Waals surface area contributed by atoms with E-state index < -0.39 is 0 Å².